The van der Waals surface area contributed by atoms with Crippen LogP contribution in [0.1, 0.15) is 30.1 Å². The van der Waals surface area contributed by atoms with E-state index in [1.165, 1.54) is 12.8 Å². The topological polar surface area (TPSA) is 49.8 Å². The van der Waals surface area contributed by atoms with Gasteiger partial charge in [-0.2, -0.15) is 0 Å². The fourth-order valence-electron chi connectivity index (χ4n) is 2.00. The van der Waals surface area contributed by atoms with Crippen LogP contribution in [0.2, 0.25) is 5.02 Å². The molecular weight excluding hydrogens is 272 g/mol. The Bertz CT molecular complexity index is 638. The lowest BCUT2D eigenvalue weighted by molar-refractivity contribution is 0.932. The van der Waals surface area contributed by atoms with Crippen molar-refractivity contribution in [3.8, 4) is 0 Å². The molecule has 4 nitrogen and oxygen atoms in total. The zero-order valence-corrected chi connectivity index (χ0v) is 12.3. The Morgan fingerprint density at radius 1 is 1.15 bits per heavy atom. The first-order valence-electron chi connectivity index (χ1n) is 6.75. The fraction of sp³-hybridized carbons (Fsp3) is 0.333. The summed E-state index contributed by atoms with van der Waals surface area (Å²) in [6.45, 7) is 1.99. The molecule has 0 radical (unpaired) electrons. The summed E-state index contributed by atoms with van der Waals surface area (Å²) >= 11 is 6.15. The van der Waals surface area contributed by atoms with Crippen LogP contribution in [0.25, 0.3) is 0 Å². The zero-order valence-electron chi connectivity index (χ0n) is 11.6. The van der Waals surface area contributed by atoms with Gasteiger partial charge in [0.05, 0.1) is 0 Å². The Labute approximate surface area is 123 Å². The Balaban J connectivity index is 1.88. The number of aryl methyl sites for hydroxylation is 1. The van der Waals surface area contributed by atoms with Crippen molar-refractivity contribution < 1.29 is 0 Å². The third-order valence-electron chi connectivity index (χ3n) is 3.39. The van der Waals surface area contributed by atoms with Gasteiger partial charge in [-0.05, 0) is 37.5 Å². The van der Waals surface area contributed by atoms with Crippen molar-refractivity contribution >= 4 is 28.9 Å². The second-order valence-electron chi connectivity index (χ2n) is 5.11. The van der Waals surface area contributed by atoms with Crippen molar-refractivity contribution in [2.45, 2.75) is 25.7 Å². The van der Waals surface area contributed by atoms with E-state index < -0.39 is 0 Å². The summed E-state index contributed by atoms with van der Waals surface area (Å²) in [5.41, 5.74) is 2.00. The first kappa shape index (κ1) is 13.2. The third kappa shape index (κ3) is 2.85. The van der Waals surface area contributed by atoms with Crippen LogP contribution in [0.5, 0.6) is 0 Å². The molecule has 104 valence electrons. The molecule has 0 bridgehead atoms. The number of hydrogen-bond acceptors (Lipinski definition) is 4. The first-order valence-corrected chi connectivity index (χ1v) is 7.13. The highest BCUT2D eigenvalue weighted by atomic mass is 35.5. The van der Waals surface area contributed by atoms with Gasteiger partial charge in [-0.25, -0.2) is 9.97 Å². The minimum atomic E-state index is 0.519. The summed E-state index contributed by atoms with van der Waals surface area (Å²) in [6.07, 6.45) is 2.37. The van der Waals surface area contributed by atoms with Gasteiger partial charge in [0.1, 0.15) is 17.5 Å². The van der Waals surface area contributed by atoms with Crippen LogP contribution in [0.15, 0.2) is 24.3 Å². The predicted molar refractivity (Wildman–Crippen MR) is 83.0 cm³/mol. The van der Waals surface area contributed by atoms with Gasteiger partial charge in [-0.15, -0.1) is 0 Å². The number of anilines is 3. The summed E-state index contributed by atoms with van der Waals surface area (Å²) < 4.78 is 0. The molecule has 5 heteroatoms. The standard InChI is InChI=1S/C15H17ClN4/c1-9-3-6-11(7-12(9)16)18-14-8-13(17-2)19-15(20-14)10-4-5-10/h3,6-8,10H,4-5H2,1-2H3,(H2,17,18,19,20). The summed E-state index contributed by atoms with van der Waals surface area (Å²) in [7, 11) is 1.87. The number of rotatable bonds is 4. The molecule has 1 heterocycles. The van der Waals surface area contributed by atoms with Gasteiger partial charge in [-0.3, -0.25) is 0 Å². The molecule has 1 aliphatic rings. The molecule has 1 fully saturated rings. The minimum Gasteiger partial charge on any atom is -0.373 e. The van der Waals surface area contributed by atoms with E-state index in [1.807, 2.05) is 38.2 Å². The highest BCUT2D eigenvalue weighted by Crippen LogP contribution is 2.39. The van der Waals surface area contributed by atoms with Crippen molar-refractivity contribution in [1.82, 2.24) is 9.97 Å². The smallest absolute Gasteiger partial charge is 0.136 e. The molecule has 0 spiro atoms. The Hall–Kier alpha value is -1.81. The zero-order chi connectivity index (χ0) is 14.1. The van der Waals surface area contributed by atoms with Crippen molar-refractivity contribution in [2.75, 3.05) is 17.7 Å². The monoisotopic (exact) mass is 288 g/mol. The van der Waals surface area contributed by atoms with Gasteiger partial charge in [0, 0.05) is 29.7 Å². The highest BCUT2D eigenvalue weighted by molar-refractivity contribution is 6.31. The van der Waals surface area contributed by atoms with E-state index in [4.69, 9.17) is 11.6 Å². The average Bonchev–Trinajstić information content (AvgIpc) is 3.27. The molecule has 0 amide bonds. The van der Waals surface area contributed by atoms with Crippen molar-refractivity contribution in [3.63, 3.8) is 0 Å². The van der Waals surface area contributed by atoms with Gasteiger partial charge < -0.3 is 10.6 Å². The van der Waals surface area contributed by atoms with Crippen molar-refractivity contribution in [1.29, 1.82) is 0 Å². The predicted octanol–water partition coefficient (Wildman–Crippen LogP) is 4.10. The second kappa shape index (κ2) is 5.29. The van der Waals surface area contributed by atoms with Gasteiger partial charge >= 0.3 is 0 Å². The van der Waals surface area contributed by atoms with Crippen molar-refractivity contribution in [2.24, 2.45) is 0 Å². The molecule has 3 rings (SSSR count). The van der Waals surface area contributed by atoms with Crippen LogP contribution in [0.4, 0.5) is 17.3 Å². The molecule has 2 N–H and O–H groups in total. The van der Waals surface area contributed by atoms with E-state index >= 15 is 0 Å². The molecule has 0 unspecified atom stereocenters. The maximum atomic E-state index is 6.15. The average molecular weight is 289 g/mol. The molecule has 1 aromatic heterocycles. The van der Waals surface area contributed by atoms with Gasteiger partial charge in [0.2, 0.25) is 0 Å². The minimum absolute atomic E-state index is 0.519. The molecule has 0 atom stereocenters. The van der Waals surface area contributed by atoms with Crippen LogP contribution >= 0.6 is 11.6 Å². The van der Waals surface area contributed by atoms with Crippen LogP contribution in [-0.2, 0) is 0 Å². The van der Waals surface area contributed by atoms with E-state index in [2.05, 4.69) is 20.6 Å². The lowest BCUT2D eigenvalue weighted by atomic mass is 10.2. The number of nitrogens with one attached hydrogen (secondary N) is 2. The molecular formula is C15H17ClN4. The largest absolute Gasteiger partial charge is 0.373 e. The van der Waals surface area contributed by atoms with Crippen LogP contribution in [-0.4, -0.2) is 17.0 Å². The number of hydrogen-bond donors (Lipinski definition) is 2. The lowest BCUT2D eigenvalue weighted by Gasteiger charge is -2.10. The number of nitrogens with zero attached hydrogens (tertiary/aromatic N) is 2. The number of aromatic nitrogens is 2. The summed E-state index contributed by atoms with van der Waals surface area (Å²) in [5.74, 6) is 3.07. The fourth-order valence-corrected chi connectivity index (χ4v) is 2.18. The SMILES string of the molecule is CNc1cc(Nc2ccc(C)c(Cl)c2)nc(C2CC2)n1. The molecule has 20 heavy (non-hydrogen) atoms. The van der Waals surface area contributed by atoms with Gasteiger partial charge in [0.25, 0.3) is 0 Å². The Morgan fingerprint density at radius 2 is 1.90 bits per heavy atom. The normalized spacial score (nSPS) is 14.2. The van der Waals surface area contributed by atoms with Crippen LogP contribution < -0.4 is 10.6 Å². The summed E-state index contributed by atoms with van der Waals surface area (Å²) in [6, 6.07) is 7.81. The van der Waals surface area contributed by atoms with Gasteiger partial charge in [0.15, 0.2) is 0 Å². The van der Waals surface area contributed by atoms with E-state index in [0.717, 1.165) is 33.7 Å². The van der Waals surface area contributed by atoms with Crippen LogP contribution in [0.3, 0.4) is 0 Å². The molecule has 1 aromatic carbocycles. The lowest BCUT2D eigenvalue weighted by Crippen LogP contribution is -2.03. The van der Waals surface area contributed by atoms with E-state index in [1.54, 1.807) is 0 Å². The highest BCUT2D eigenvalue weighted by Gasteiger charge is 2.27. The Morgan fingerprint density at radius 3 is 2.55 bits per heavy atom. The Kier molecular flexibility index (Phi) is 3.49. The molecule has 2 aromatic rings. The third-order valence-corrected chi connectivity index (χ3v) is 3.79. The molecule has 0 aliphatic heterocycles. The number of halogens is 1. The van der Waals surface area contributed by atoms with Crippen LogP contribution in [0, 0.1) is 6.92 Å². The summed E-state index contributed by atoms with van der Waals surface area (Å²) in [4.78, 5) is 9.08. The second-order valence-corrected chi connectivity index (χ2v) is 5.52. The number of benzene rings is 1. The van der Waals surface area contributed by atoms with E-state index in [9.17, 15) is 0 Å². The maximum absolute atomic E-state index is 6.15. The van der Waals surface area contributed by atoms with Crippen molar-refractivity contribution in [3.05, 3.63) is 40.7 Å². The van der Waals surface area contributed by atoms with Gasteiger partial charge in [-0.1, -0.05) is 17.7 Å². The maximum Gasteiger partial charge on any atom is 0.136 e. The quantitative estimate of drug-likeness (QED) is 0.889. The van der Waals surface area contributed by atoms with E-state index in [-0.39, 0.29) is 0 Å². The molecule has 1 saturated carbocycles. The molecule has 1 aliphatic carbocycles. The van der Waals surface area contributed by atoms with E-state index in [0.29, 0.717) is 5.92 Å². The molecule has 0 saturated heterocycles. The summed E-state index contributed by atoms with van der Waals surface area (Å²) in [5, 5.41) is 7.12. The first-order chi connectivity index (χ1) is 9.65.